The molecule has 2 N–H and O–H groups in total. The van der Waals surface area contributed by atoms with E-state index in [1.807, 2.05) is 46.9 Å². The Balaban J connectivity index is 2.27. The second-order valence-electron chi connectivity index (χ2n) is 6.31. The minimum absolute atomic E-state index is 0.00985. The van der Waals surface area contributed by atoms with Crippen LogP contribution in [-0.4, -0.2) is 15.9 Å². The van der Waals surface area contributed by atoms with Crippen molar-refractivity contribution in [1.82, 2.24) is 9.97 Å². The summed E-state index contributed by atoms with van der Waals surface area (Å²) in [6.07, 6.45) is 2.41. The number of carbonyl (C=O) groups is 1. The molecule has 0 aliphatic heterocycles. The molecule has 0 bridgehead atoms. The number of H-pyrrole nitrogens is 1. The molecule has 4 heteroatoms. The molecule has 1 amide bonds. The van der Waals surface area contributed by atoms with Gasteiger partial charge in [-0.1, -0.05) is 20.8 Å². The standard InChI is InChI=1S/C15H21N3O/c1-9-6-11-13(10(2)8-16-11)18-14(9)17-12(19)7-15(3,4)5/h6,8,16H,7H2,1-5H3,(H,17,18,19). The van der Waals surface area contributed by atoms with Gasteiger partial charge in [0.15, 0.2) is 0 Å². The number of aromatic nitrogens is 2. The van der Waals surface area contributed by atoms with Crippen LogP contribution in [0.25, 0.3) is 11.0 Å². The Hall–Kier alpha value is -1.84. The monoisotopic (exact) mass is 259 g/mol. The third-order valence-electron chi connectivity index (χ3n) is 2.98. The molecule has 0 fully saturated rings. The number of hydrogen-bond acceptors (Lipinski definition) is 2. The maximum absolute atomic E-state index is 12.0. The second kappa shape index (κ2) is 4.68. The SMILES string of the molecule is Cc1cc2[nH]cc(C)c2nc1NC(=O)CC(C)(C)C. The lowest BCUT2D eigenvalue weighted by molar-refractivity contribution is -0.117. The number of nitrogens with zero attached hydrogens (tertiary/aromatic N) is 1. The number of carbonyl (C=O) groups excluding carboxylic acids is 1. The lowest BCUT2D eigenvalue weighted by Crippen LogP contribution is -2.20. The lowest BCUT2D eigenvalue weighted by Gasteiger charge is -2.17. The van der Waals surface area contributed by atoms with Gasteiger partial charge in [-0.15, -0.1) is 0 Å². The van der Waals surface area contributed by atoms with E-state index in [1.54, 1.807) is 0 Å². The van der Waals surface area contributed by atoms with Crippen molar-refractivity contribution in [2.45, 2.75) is 41.0 Å². The van der Waals surface area contributed by atoms with Gasteiger partial charge < -0.3 is 10.3 Å². The molecule has 0 atom stereocenters. The number of pyridine rings is 1. The normalized spacial score (nSPS) is 11.8. The first-order valence-corrected chi connectivity index (χ1v) is 6.51. The van der Waals surface area contributed by atoms with Crippen LogP contribution in [0.2, 0.25) is 0 Å². The van der Waals surface area contributed by atoms with Crippen molar-refractivity contribution in [2.75, 3.05) is 5.32 Å². The highest BCUT2D eigenvalue weighted by Gasteiger charge is 2.17. The van der Waals surface area contributed by atoms with Gasteiger partial charge in [-0.3, -0.25) is 4.79 Å². The van der Waals surface area contributed by atoms with Gasteiger partial charge in [0.1, 0.15) is 5.82 Å². The lowest BCUT2D eigenvalue weighted by atomic mass is 9.92. The van der Waals surface area contributed by atoms with Gasteiger partial charge >= 0.3 is 0 Å². The smallest absolute Gasteiger partial charge is 0.226 e. The number of nitrogens with one attached hydrogen (secondary N) is 2. The van der Waals surface area contributed by atoms with Crippen molar-refractivity contribution in [3.8, 4) is 0 Å². The number of hydrogen-bond donors (Lipinski definition) is 2. The predicted octanol–water partition coefficient (Wildman–Crippen LogP) is 3.55. The fourth-order valence-corrected chi connectivity index (χ4v) is 2.06. The molecule has 0 aromatic carbocycles. The largest absolute Gasteiger partial charge is 0.360 e. The number of aryl methyl sites for hydroxylation is 2. The van der Waals surface area contributed by atoms with Gasteiger partial charge in [0, 0.05) is 12.6 Å². The van der Waals surface area contributed by atoms with Crippen LogP contribution in [0.1, 0.15) is 38.3 Å². The molecule has 2 aromatic rings. The van der Waals surface area contributed by atoms with E-state index >= 15 is 0 Å². The van der Waals surface area contributed by atoms with Crippen molar-refractivity contribution in [1.29, 1.82) is 0 Å². The Kier molecular flexibility index (Phi) is 3.35. The molecule has 19 heavy (non-hydrogen) atoms. The summed E-state index contributed by atoms with van der Waals surface area (Å²) in [6.45, 7) is 10.1. The Morgan fingerprint density at radius 3 is 2.63 bits per heavy atom. The molecule has 2 heterocycles. The Morgan fingerprint density at radius 2 is 2.00 bits per heavy atom. The number of rotatable bonds is 2. The van der Waals surface area contributed by atoms with E-state index in [4.69, 9.17) is 0 Å². The van der Waals surface area contributed by atoms with E-state index in [0.717, 1.165) is 22.2 Å². The van der Waals surface area contributed by atoms with E-state index in [0.29, 0.717) is 12.2 Å². The third-order valence-corrected chi connectivity index (χ3v) is 2.98. The summed E-state index contributed by atoms with van der Waals surface area (Å²) in [5.74, 6) is 0.667. The van der Waals surface area contributed by atoms with Gasteiger partial charge in [-0.25, -0.2) is 4.98 Å². The average molecular weight is 259 g/mol. The van der Waals surface area contributed by atoms with Gasteiger partial charge in [0.25, 0.3) is 0 Å². The Labute approximate surface area is 113 Å². The van der Waals surface area contributed by atoms with E-state index in [-0.39, 0.29) is 11.3 Å². The zero-order valence-corrected chi connectivity index (χ0v) is 12.2. The second-order valence-corrected chi connectivity index (χ2v) is 6.31. The van der Waals surface area contributed by atoms with Crippen LogP contribution in [0.15, 0.2) is 12.3 Å². The predicted molar refractivity (Wildman–Crippen MR) is 78.3 cm³/mol. The zero-order valence-electron chi connectivity index (χ0n) is 12.2. The summed E-state index contributed by atoms with van der Waals surface area (Å²) < 4.78 is 0. The summed E-state index contributed by atoms with van der Waals surface area (Å²) >= 11 is 0. The first-order valence-electron chi connectivity index (χ1n) is 6.51. The first-order chi connectivity index (χ1) is 8.76. The van der Waals surface area contributed by atoms with E-state index in [2.05, 4.69) is 15.3 Å². The molecule has 0 spiro atoms. The van der Waals surface area contributed by atoms with Crippen LogP contribution < -0.4 is 5.32 Å². The number of fused-ring (bicyclic) bond motifs is 1. The van der Waals surface area contributed by atoms with Crippen LogP contribution >= 0.6 is 0 Å². The summed E-state index contributed by atoms with van der Waals surface area (Å²) in [5.41, 5.74) is 3.95. The van der Waals surface area contributed by atoms with Crippen LogP contribution in [0.5, 0.6) is 0 Å². The van der Waals surface area contributed by atoms with Crippen LogP contribution in [0, 0.1) is 19.3 Å². The molecule has 0 radical (unpaired) electrons. The number of aromatic amines is 1. The molecule has 0 saturated carbocycles. The van der Waals surface area contributed by atoms with Crippen LogP contribution in [0.3, 0.4) is 0 Å². The summed E-state index contributed by atoms with van der Waals surface area (Å²) in [7, 11) is 0. The molecule has 2 rings (SSSR count). The van der Waals surface area contributed by atoms with Crippen molar-refractivity contribution in [3.63, 3.8) is 0 Å². The molecule has 0 unspecified atom stereocenters. The topological polar surface area (TPSA) is 57.8 Å². The van der Waals surface area contributed by atoms with Crippen LogP contribution in [-0.2, 0) is 4.79 Å². The molecule has 0 aliphatic carbocycles. The average Bonchev–Trinajstić information content (AvgIpc) is 2.58. The van der Waals surface area contributed by atoms with Crippen LogP contribution in [0.4, 0.5) is 5.82 Å². The van der Waals surface area contributed by atoms with Gasteiger partial charge in [0.05, 0.1) is 11.0 Å². The molecule has 0 saturated heterocycles. The number of amides is 1. The molecule has 0 aliphatic rings. The van der Waals surface area contributed by atoms with Crippen molar-refractivity contribution in [3.05, 3.63) is 23.4 Å². The van der Waals surface area contributed by atoms with Crippen molar-refractivity contribution < 1.29 is 4.79 Å². The number of anilines is 1. The highest BCUT2D eigenvalue weighted by atomic mass is 16.1. The highest BCUT2D eigenvalue weighted by Crippen LogP contribution is 2.23. The fraction of sp³-hybridized carbons (Fsp3) is 0.467. The van der Waals surface area contributed by atoms with Crippen molar-refractivity contribution >= 4 is 22.8 Å². The fourth-order valence-electron chi connectivity index (χ4n) is 2.06. The Bertz CT molecular complexity index is 620. The maximum atomic E-state index is 12.0. The van der Waals surface area contributed by atoms with E-state index in [9.17, 15) is 4.79 Å². The van der Waals surface area contributed by atoms with Gasteiger partial charge in [-0.05, 0) is 36.5 Å². The minimum Gasteiger partial charge on any atom is -0.360 e. The third kappa shape index (κ3) is 3.13. The summed E-state index contributed by atoms with van der Waals surface area (Å²) in [4.78, 5) is 19.7. The molecular weight excluding hydrogens is 238 g/mol. The molecule has 102 valence electrons. The Morgan fingerprint density at radius 1 is 1.32 bits per heavy atom. The van der Waals surface area contributed by atoms with Gasteiger partial charge in [0.2, 0.25) is 5.91 Å². The van der Waals surface area contributed by atoms with E-state index in [1.165, 1.54) is 0 Å². The minimum atomic E-state index is -0.0217. The quantitative estimate of drug-likeness (QED) is 0.866. The maximum Gasteiger partial charge on any atom is 0.226 e. The molecule has 2 aromatic heterocycles. The molecule has 4 nitrogen and oxygen atoms in total. The summed E-state index contributed by atoms with van der Waals surface area (Å²) in [5, 5.41) is 2.91. The molecular formula is C15H21N3O. The first kappa shape index (κ1) is 13.6. The highest BCUT2D eigenvalue weighted by molar-refractivity contribution is 5.92. The summed E-state index contributed by atoms with van der Waals surface area (Å²) in [6, 6.07) is 2.02. The van der Waals surface area contributed by atoms with E-state index < -0.39 is 0 Å². The zero-order chi connectivity index (χ0) is 14.2. The van der Waals surface area contributed by atoms with Crippen molar-refractivity contribution in [2.24, 2.45) is 5.41 Å². The van der Waals surface area contributed by atoms with Gasteiger partial charge in [-0.2, -0.15) is 0 Å².